The second-order valence-electron chi connectivity index (χ2n) is 5.37. The first-order valence-corrected chi connectivity index (χ1v) is 7.30. The van der Waals surface area contributed by atoms with Crippen molar-refractivity contribution in [3.05, 3.63) is 42.3 Å². The van der Waals surface area contributed by atoms with Gasteiger partial charge >= 0.3 is 0 Å². The van der Waals surface area contributed by atoms with E-state index in [0.29, 0.717) is 17.8 Å². The van der Waals surface area contributed by atoms with Crippen molar-refractivity contribution < 1.29 is 4.42 Å². The molecular formula is C16H16N4O. The minimum Gasteiger partial charge on any atom is -0.419 e. The molecule has 4 rings (SSSR count). The van der Waals surface area contributed by atoms with Crippen LogP contribution < -0.4 is 5.32 Å². The lowest BCUT2D eigenvalue weighted by atomic mass is 10.2. The average molecular weight is 280 g/mol. The SMILES string of the molecule is c1ccc2nc(-c3nnc(CCNC4CC4)o3)ccc2c1. The van der Waals surface area contributed by atoms with E-state index in [2.05, 4.69) is 20.5 Å². The standard InChI is InChI=1S/C16H16N4O/c1-2-4-13-11(3-1)5-8-14(18-13)16-20-19-15(21-16)9-10-17-12-6-7-12/h1-5,8,12,17H,6-7,9-10H2. The molecule has 0 unspecified atom stereocenters. The van der Waals surface area contributed by atoms with Crippen LogP contribution in [0.15, 0.2) is 40.8 Å². The van der Waals surface area contributed by atoms with Gasteiger partial charge < -0.3 is 9.73 Å². The number of fused-ring (bicyclic) bond motifs is 1. The fraction of sp³-hybridized carbons (Fsp3) is 0.312. The molecule has 2 aromatic heterocycles. The zero-order valence-corrected chi connectivity index (χ0v) is 11.6. The van der Waals surface area contributed by atoms with Crippen LogP contribution in [0.1, 0.15) is 18.7 Å². The Morgan fingerprint density at radius 1 is 1.10 bits per heavy atom. The minimum absolute atomic E-state index is 0.488. The molecule has 0 saturated heterocycles. The summed E-state index contributed by atoms with van der Waals surface area (Å²) >= 11 is 0. The molecule has 21 heavy (non-hydrogen) atoms. The molecule has 0 atom stereocenters. The fourth-order valence-electron chi connectivity index (χ4n) is 2.31. The zero-order chi connectivity index (χ0) is 14.1. The largest absolute Gasteiger partial charge is 0.419 e. The van der Waals surface area contributed by atoms with Crippen LogP contribution in [0.25, 0.3) is 22.5 Å². The number of pyridine rings is 1. The number of rotatable bonds is 5. The van der Waals surface area contributed by atoms with E-state index in [-0.39, 0.29) is 0 Å². The van der Waals surface area contributed by atoms with Gasteiger partial charge in [-0.05, 0) is 25.0 Å². The summed E-state index contributed by atoms with van der Waals surface area (Å²) in [5, 5.41) is 12.7. The lowest BCUT2D eigenvalue weighted by Gasteiger charge is -1.99. The van der Waals surface area contributed by atoms with E-state index >= 15 is 0 Å². The first kappa shape index (κ1) is 12.5. The number of benzene rings is 1. The van der Waals surface area contributed by atoms with Gasteiger partial charge in [-0.2, -0.15) is 0 Å². The summed E-state index contributed by atoms with van der Waals surface area (Å²) in [5.74, 6) is 1.15. The van der Waals surface area contributed by atoms with Crippen LogP contribution in [-0.4, -0.2) is 27.8 Å². The Balaban J connectivity index is 1.52. The van der Waals surface area contributed by atoms with Gasteiger partial charge in [0.05, 0.1) is 5.52 Å². The second-order valence-corrected chi connectivity index (χ2v) is 5.37. The first-order chi connectivity index (χ1) is 10.4. The molecule has 0 aliphatic heterocycles. The predicted molar refractivity (Wildman–Crippen MR) is 79.8 cm³/mol. The van der Waals surface area contributed by atoms with Crippen LogP contribution in [-0.2, 0) is 6.42 Å². The van der Waals surface area contributed by atoms with E-state index in [1.807, 2.05) is 36.4 Å². The topological polar surface area (TPSA) is 63.8 Å². The molecule has 1 saturated carbocycles. The van der Waals surface area contributed by atoms with E-state index in [4.69, 9.17) is 4.42 Å². The number of para-hydroxylation sites is 1. The van der Waals surface area contributed by atoms with Crippen molar-refractivity contribution in [3.63, 3.8) is 0 Å². The Morgan fingerprint density at radius 2 is 2.00 bits per heavy atom. The summed E-state index contributed by atoms with van der Waals surface area (Å²) in [7, 11) is 0. The van der Waals surface area contributed by atoms with Crippen LogP contribution >= 0.6 is 0 Å². The molecule has 3 aromatic rings. The fourth-order valence-corrected chi connectivity index (χ4v) is 2.31. The highest BCUT2D eigenvalue weighted by Crippen LogP contribution is 2.20. The summed E-state index contributed by atoms with van der Waals surface area (Å²) in [6, 6.07) is 12.6. The van der Waals surface area contributed by atoms with Crippen LogP contribution in [0.3, 0.4) is 0 Å². The molecule has 5 heteroatoms. The molecule has 5 nitrogen and oxygen atoms in total. The molecule has 1 fully saturated rings. The number of hydrogen-bond donors (Lipinski definition) is 1. The lowest BCUT2D eigenvalue weighted by Crippen LogP contribution is -2.19. The van der Waals surface area contributed by atoms with E-state index in [1.165, 1.54) is 12.8 Å². The summed E-state index contributed by atoms with van der Waals surface area (Å²) < 4.78 is 5.70. The van der Waals surface area contributed by atoms with E-state index in [9.17, 15) is 0 Å². The van der Waals surface area contributed by atoms with Gasteiger partial charge in [0.25, 0.3) is 5.89 Å². The number of hydrogen-bond acceptors (Lipinski definition) is 5. The molecule has 2 heterocycles. The summed E-state index contributed by atoms with van der Waals surface area (Å²) in [5.41, 5.74) is 1.66. The second kappa shape index (κ2) is 5.26. The average Bonchev–Trinajstić information content (AvgIpc) is 3.23. The van der Waals surface area contributed by atoms with Gasteiger partial charge in [0.15, 0.2) is 0 Å². The van der Waals surface area contributed by atoms with Gasteiger partial charge in [-0.3, -0.25) is 0 Å². The van der Waals surface area contributed by atoms with Gasteiger partial charge in [0.2, 0.25) is 5.89 Å². The van der Waals surface area contributed by atoms with Crippen molar-refractivity contribution in [3.8, 4) is 11.6 Å². The van der Waals surface area contributed by atoms with Gasteiger partial charge in [-0.1, -0.05) is 24.3 Å². The maximum Gasteiger partial charge on any atom is 0.266 e. The maximum absolute atomic E-state index is 5.70. The molecule has 1 aromatic carbocycles. The third-order valence-corrected chi connectivity index (χ3v) is 3.63. The molecule has 106 valence electrons. The van der Waals surface area contributed by atoms with Gasteiger partial charge in [-0.25, -0.2) is 4.98 Å². The smallest absolute Gasteiger partial charge is 0.266 e. The number of nitrogens with one attached hydrogen (secondary N) is 1. The van der Waals surface area contributed by atoms with Gasteiger partial charge in [0.1, 0.15) is 5.69 Å². The first-order valence-electron chi connectivity index (χ1n) is 7.30. The lowest BCUT2D eigenvalue weighted by molar-refractivity contribution is 0.493. The van der Waals surface area contributed by atoms with E-state index < -0.39 is 0 Å². The molecular weight excluding hydrogens is 264 g/mol. The molecule has 1 aliphatic carbocycles. The highest BCUT2D eigenvalue weighted by Gasteiger charge is 2.20. The van der Waals surface area contributed by atoms with Crippen molar-refractivity contribution >= 4 is 10.9 Å². The van der Waals surface area contributed by atoms with Crippen LogP contribution in [0.4, 0.5) is 0 Å². The van der Waals surface area contributed by atoms with Gasteiger partial charge in [0, 0.05) is 24.4 Å². The summed E-state index contributed by atoms with van der Waals surface area (Å²) in [6.45, 7) is 0.886. The maximum atomic E-state index is 5.70. The molecule has 0 bridgehead atoms. The zero-order valence-electron chi connectivity index (χ0n) is 11.6. The van der Waals surface area contributed by atoms with Crippen molar-refractivity contribution in [2.24, 2.45) is 0 Å². The van der Waals surface area contributed by atoms with Crippen molar-refractivity contribution in [1.29, 1.82) is 0 Å². The molecule has 1 N–H and O–H groups in total. The van der Waals surface area contributed by atoms with Gasteiger partial charge in [-0.15, -0.1) is 10.2 Å². The molecule has 1 aliphatic rings. The summed E-state index contributed by atoms with van der Waals surface area (Å²) in [4.78, 5) is 4.57. The normalized spacial score (nSPS) is 14.7. The van der Waals surface area contributed by atoms with Crippen molar-refractivity contribution in [2.45, 2.75) is 25.3 Å². The van der Waals surface area contributed by atoms with E-state index in [0.717, 1.165) is 29.6 Å². The quantitative estimate of drug-likeness (QED) is 0.778. The Bertz CT molecular complexity index is 764. The Morgan fingerprint density at radius 3 is 2.90 bits per heavy atom. The third-order valence-electron chi connectivity index (χ3n) is 3.63. The minimum atomic E-state index is 0.488. The molecule has 0 radical (unpaired) electrons. The molecule has 0 spiro atoms. The third kappa shape index (κ3) is 2.78. The monoisotopic (exact) mass is 280 g/mol. The number of nitrogens with zero attached hydrogens (tertiary/aromatic N) is 3. The van der Waals surface area contributed by atoms with Crippen LogP contribution in [0.2, 0.25) is 0 Å². The predicted octanol–water partition coefficient (Wildman–Crippen LogP) is 2.58. The number of aromatic nitrogens is 3. The highest BCUT2D eigenvalue weighted by atomic mass is 16.4. The Kier molecular flexibility index (Phi) is 3.12. The van der Waals surface area contributed by atoms with Crippen molar-refractivity contribution in [2.75, 3.05) is 6.54 Å². The van der Waals surface area contributed by atoms with E-state index in [1.54, 1.807) is 0 Å². The van der Waals surface area contributed by atoms with Crippen LogP contribution in [0.5, 0.6) is 0 Å². The Labute approximate surface area is 122 Å². The van der Waals surface area contributed by atoms with Crippen molar-refractivity contribution in [1.82, 2.24) is 20.5 Å². The summed E-state index contributed by atoms with van der Waals surface area (Å²) in [6.07, 6.45) is 3.34. The highest BCUT2D eigenvalue weighted by molar-refractivity contribution is 5.80. The molecule has 0 amide bonds. The van der Waals surface area contributed by atoms with Crippen LogP contribution in [0, 0.1) is 0 Å². The Hall–Kier alpha value is -2.27.